The molecule has 0 saturated carbocycles. The minimum absolute atomic E-state index is 0.520. The van der Waals surface area contributed by atoms with Crippen molar-refractivity contribution in [3.63, 3.8) is 0 Å². The highest BCUT2D eigenvalue weighted by Crippen LogP contribution is 2.33. The second-order valence-electron chi connectivity index (χ2n) is 5.28. The molecule has 0 spiro atoms. The lowest BCUT2D eigenvalue weighted by molar-refractivity contribution is 0.0350. The molecule has 0 aliphatic carbocycles. The Bertz CT molecular complexity index is 569. The van der Waals surface area contributed by atoms with Gasteiger partial charge < -0.3 is 10.0 Å². The van der Waals surface area contributed by atoms with Crippen LogP contribution in [0.3, 0.4) is 0 Å². The summed E-state index contributed by atoms with van der Waals surface area (Å²) in [6.07, 6.45) is 3.23. The summed E-state index contributed by atoms with van der Waals surface area (Å²) in [6.45, 7) is 5.71. The van der Waals surface area contributed by atoms with Crippen molar-refractivity contribution >= 4 is 27.4 Å². The zero-order chi connectivity index (χ0) is 12.8. The molecule has 0 atom stereocenters. The van der Waals surface area contributed by atoms with Crippen LogP contribution in [0.15, 0.2) is 11.7 Å². The van der Waals surface area contributed by atoms with Crippen molar-refractivity contribution in [2.75, 3.05) is 18.0 Å². The number of anilines is 1. The van der Waals surface area contributed by atoms with Crippen LogP contribution in [0.4, 0.5) is 5.82 Å². The molecule has 0 aromatic carbocycles. The van der Waals surface area contributed by atoms with E-state index in [4.69, 9.17) is 0 Å². The minimum atomic E-state index is -0.520. The van der Waals surface area contributed by atoms with Crippen LogP contribution < -0.4 is 4.90 Å². The van der Waals surface area contributed by atoms with Crippen LogP contribution in [0.25, 0.3) is 10.2 Å². The Morgan fingerprint density at radius 3 is 2.78 bits per heavy atom. The van der Waals surface area contributed by atoms with Crippen LogP contribution in [0.5, 0.6) is 0 Å². The van der Waals surface area contributed by atoms with E-state index in [2.05, 4.69) is 27.2 Å². The predicted molar refractivity (Wildman–Crippen MR) is 74.2 cm³/mol. The van der Waals surface area contributed by atoms with Crippen molar-refractivity contribution in [3.05, 3.63) is 17.3 Å². The highest BCUT2D eigenvalue weighted by Gasteiger charge is 2.28. The van der Waals surface area contributed by atoms with Crippen LogP contribution in [-0.4, -0.2) is 33.8 Å². The highest BCUT2D eigenvalue weighted by molar-refractivity contribution is 7.18. The average Bonchev–Trinajstić information content (AvgIpc) is 2.72. The maximum absolute atomic E-state index is 10.00. The molecular weight excluding hydrogens is 246 g/mol. The van der Waals surface area contributed by atoms with Gasteiger partial charge in [-0.05, 0) is 37.6 Å². The van der Waals surface area contributed by atoms with Crippen molar-refractivity contribution in [3.8, 4) is 0 Å². The van der Waals surface area contributed by atoms with Crippen molar-refractivity contribution in [2.45, 2.75) is 32.3 Å². The lowest BCUT2D eigenvalue weighted by Gasteiger charge is -2.36. The molecule has 18 heavy (non-hydrogen) atoms. The third-order valence-electron chi connectivity index (χ3n) is 3.65. The molecule has 2 aromatic rings. The molecule has 0 unspecified atom stereocenters. The Morgan fingerprint density at radius 2 is 2.06 bits per heavy atom. The summed E-state index contributed by atoms with van der Waals surface area (Å²) in [4.78, 5) is 11.0. The van der Waals surface area contributed by atoms with Gasteiger partial charge in [0.05, 0.1) is 15.8 Å². The fourth-order valence-corrected chi connectivity index (χ4v) is 3.40. The molecule has 1 N–H and O–H groups in total. The molecule has 96 valence electrons. The van der Waals surface area contributed by atoms with E-state index in [0.717, 1.165) is 42.0 Å². The first-order valence-electron chi connectivity index (χ1n) is 6.23. The molecule has 0 bridgehead atoms. The van der Waals surface area contributed by atoms with E-state index in [-0.39, 0.29) is 0 Å². The summed E-state index contributed by atoms with van der Waals surface area (Å²) < 4.78 is 1.16. The molecule has 3 rings (SSSR count). The molecule has 0 amide bonds. The lowest BCUT2D eigenvalue weighted by atomic mass is 9.94. The molecule has 1 aliphatic heterocycles. The Balaban J connectivity index is 1.95. The Kier molecular flexibility index (Phi) is 2.75. The maximum atomic E-state index is 10.00. The van der Waals surface area contributed by atoms with Crippen LogP contribution in [0.2, 0.25) is 0 Å². The van der Waals surface area contributed by atoms with Crippen LogP contribution >= 0.6 is 11.3 Å². The summed E-state index contributed by atoms with van der Waals surface area (Å²) in [6, 6.07) is 0. The van der Waals surface area contributed by atoms with Crippen LogP contribution in [0, 0.1) is 6.92 Å². The third-order valence-corrected chi connectivity index (χ3v) is 4.74. The van der Waals surface area contributed by atoms with Crippen molar-refractivity contribution in [1.29, 1.82) is 0 Å². The van der Waals surface area contributed by atoms with Gasteiger partial charge in [-0.3, -0.25) is 0 Å². The summed E-state index contributed by atoms with van der Waals surface area (Å²) in [5.41, 5.74) is 1.75. The van der Waals surface area contributed by atoms with Crippen molar-refractivity contribution in [2.24, 2.45) is 0 Å². The zero-order valence-electron chi connectivity index (χ0n) is 10.7. The van der Waals surface area contributed by atoms with Gasteiger partial charge in [0, 0.05) is 13.1 Å². The van der Waals surface area contributed by atoms with E-state index in [1.165, 1.54) is 5.56 Å². The monoisotopic (exact) mass is 263 g/mol. The Hall–Kier alpha value is -1.20. The van der Waals surface area contributed by atoms with E-state index in [9.17, 15) is 5.11 Å². The number of nitrogens with zero attached hydrogens (tertiary/aromatic N) is 3. The quantitative estimate of drug-likeness (QED) is 0.858. The first-order valence-corrected chi connectivity index (χ1v) is 7.11. The molecule has 3 heterocycles. The number of fused-ring (bicyclic) bond motifs is 1. The first kappa shape index (κ1) is 11.9. The van der Waals surface area contributed by atoms with Crippen LogP contribution in [0.1, 0.15) is 25.3 Å². The topological polar surface area (TPSA) is 49.2 Å². The molecule has 2 aromatic heterocycles. The smallest absolute Gasteiger partial charge is 0.150 e. The number of rotatable bonds is 1. The van der Waals surface area contributed by atoms with Gasteiger partial charge in [0.25, 0.3) is 0 Å². The van der Waals surface area contributed by atoms with Crippen LogP contribution in [-0.2, 0) is 0 Å². The SMILES string of the molecule is Cc1csc2c(N3CCC(C)(O)CC3)ncnc12. The Morgan fingerprint density at radius 1 is 1.33 bits per heavy atom. The van der Waals surface area contributed by atoms with Gasteiger partial charge in [0.15, 0.2) is 0 Å². The summed E-state index contributed by atoms with van der Waals surface area (Å²) in [7, 11) is 0. The van der Waals surface area contributed by atoms with Gasteiger partial charge >= 0.3 is 0 Å². The van der Waals surface area contributed by atoms with Gasteiger partial charge in [-0.15, -0.1) is 11.3 Å². The van der Waals surface area contributed by atoms with E-state index in [1.807, 2.05) is 6.92 Å². The molecule has 4 nitrogen and oxygen atoms in total. The van der Waals surface area contributed by atoms with Gasteiger partial charge in [0.2, 0.25) is 0 Å². The van der Waals surface area contributed by atoms with E-state index >= 15 is 0 Å². The molecule has 1 aliphatic rings. The zero-order valence-corrected chi connectivity index (χ0v) is 11.5. The number of thiophene rings is 1. The highest BCUT2D eigenvalue weighted by atomic mass is 32.1. The summed E-state index contributed by atoms with van der Waals surface area (Å²) >= 11 is 1.70. The molecule has 0 radical (unpaired) electrons. The third kappa shape index (κ3) is 1.97. The van der Waals surface area contributed by atoms with Gasteiger partial charge in [-0.25, -0.2) is 9.97 Å². The number of piperidine rings is 1. The van der Waals surface area contributed by atoms with Gasteiger partial charge in [-0.2, -0.15) is 0 Å². The van der Waals surface area contributed by atoms with E-state index in [0.29, 0.717) is 0 Å². The fourth-order valence-electron chi connectivity index (χ4n) is 2.38. The molecular formula is C13H17N3OS. The summed E-state index contributed by atoms with van der Waals surface area (Å²) in [5, 5.41) is 12.1. The van der Waals surface area contributed by atoms with E-state index < -0.39 is 5.60 Å². The second kappa shape index (κ2) is 4.17. The first-order chi connectivity index (χ1) is 8.57. The Labute approximate surface area is 110 Å². The van der Waals surface area contributed by atoms with E-state index in [1.54, 1.807) is 17.7 Å². The van der Waals surface area contributed by atoms with Crippen molar-refractivity contribution in [1.82, 2.24) is 9.97 Å². The number of hydrogen-bond donors (Lipinski definition) is 1. The molecule has 1 fully saturated rings. The molecule has 1 saturated heterocycles. The summed E-state index contributed by atoms with van der Waals surface area (Å²) in [5.74, 6) is 1.02. The lowest BCUT2D eigenvalue weighted by Crippen LogP contribution is -2.42. The molecule has 5 heteroatoms. The standard InChI is InChI=1S/C13H17N3OS/c1-9-7-18-11-10(9)14-8-15-12(11)16-5-3-13(2,17)4-6-16/h7-8,17H,3-6H2,1-2H3. The average molecular weight is 263 g/mol. The second-order valence-corrected chi connectivity index (χ2v) is 6.16. The normalized spacial score (nSPS) is 19.4. The largest absolute Gasteiger partial charge is 0.390 e. The maximum Gasteiger partial charge on any atom is 0.150 e. The van der Waals surface area contributed by atoms with Gasteiger partial charge in [-0.1, -0.05) is 0 Å². The fraction of sp³-hybridized carbons (Fsp3) is 0.538. The number of aliphatic hydroxyl groups is 1. The van der Waals surface area contributed by atoms with Gasteiger partial charge in [0.1, 0.15) is 12.1 Å². The predicted octanol–water partition coefficient (Wildman–Crippen LogP) is 2.35. The van der Waals surface area contributed by atoms with Crippen molar-refractivity contribution < 1.29 is 5.11 Å². The number of hydrogen-bond acceptors (Lipinski definition) is 5. The number of aryl methyl sites for hydroxylation is 1. The number of aromatic nitrogens is 2. The minimum Gasteiger partial charge on any atom is -0.390 e.